The third kappa shape index (κ3) is 7.01. The van der Waals surface area contributed by atoms with Crippen molar-refractivity contribution >= 4 is 6.09 Å². The zero-order valence-corrected chi connectivity index (χ0v) is 6.09. The van der Waals surface area contributed by atoms with Crippen LogP contribution in [0.5, 0.6) is 0 Å². The molecule has 0 aliphatic carbocycles. The van der Waals surface area contributed by atoms with Crippen LogP contribution in [0, 0.1) is 0 Å². The molecule has 0 bridgehead atoms. The molecule has 1 N–H and O–H groups in total. The molecule has 0 saturated heterocycles. The zero-order chi connectivity index (χ0) is 7.82. The molecule has 0 aromatic rings. The van der Waals surface area contributed by atoms with Crippen LogP contribution >= 0.6 is 0 Å². The minimum Gasteiger partial charge on any atom is -0.295 e. The van der Waals surface area contributed by atoms with Crippen molar-refractivity contribution in [3.8, 4) is 0 Å². The number of nitrogens with one attached hydrogen (secondary N) is 1. The molecule has 0 aliphatic heterocycles. The Morgan fingerprint density at radius 2 is 2.30 bits per heavy atom. The van der Waals surface area contributed by atoms with Crippen LogP contribution in [-0.4, -0.2) is 6.09 Å². The SMILES string of the molecule is CCCCC=CNC([O])=O. The van der Waals surface area contributed by atoms with Crippen molar-refractivity contribution in [3.63, 3.8) is 0 Å². The van der Waals surface area contributed by atoms with Crippen LogP contribution in [-0.2, 0) is 5.11 Å². The molecule has 1 amide bonds. The van der Waals surface area contributed by atoms with E-state index in [1.165, 1.54) is 6.20 Å². The summed E-state index contributed by atoms with van der Waals surface area (Å²) in [5, 5.41) is 11.8. The van der Waals surface area contributed by atoms with Gasteiger partial charge < -0.3 is 0 Å². The van der Waals surface area contributed by atoms with E-state index in [1.807, 2.05) is 5.32 Å². The lowest BCUT2D eigenvalue weighted by Crippen LogP contribution is -2.10. The number of carbonyl (C=O) groups excluding carboxylic acids is 1. The topological polar surface area (TPSA) is 49.0 Å². The monoisotopic (exact) mass is 142 g/mol. The van der Waals surface area contributed by atoms with Crippen molar-refractivity contribution in [1.29, 1.82) is 0 Å². The van der Waals surface area contributed by atoms with E-state index in [9.17, 15) is 9.90 Å². The minimum absolute atomic E-state index is 0.913. The standard InChI is InChI=1S/C7H12NO2/c1-2-3-4-5-6-8-7(9)10/h5-6,8H,2-4H2,1H3. The Hall–Kier alpha value is -0.990. The number of hydrogen-bond acceptors (Lipinski definition) is 1. The maximum Gasteiger partial charge on any atom is 0.454 e. The van der Waals surface area contributed by atoms with Gasteiger partial charge in [-0.2, -0.15) is 0 Å². The molecule has 0 rings (SSSR count). The molecule has 3 heteroatoms. The Morgan fingerprint density at radius 1 is 1.60 bits per heavy atom. The Bertz CT molecular complexity index is 121. The van der Waals surface area contributed by atoms with E-state index in [1.54, 1.807) is 6.08 Å². The van der Waals surface area contributed by atoms with E-state index in [-0.39, 0.29) is 0 Å². The number of rotatable bonds is 4. The summed E-state index contributed by atoms with van der Waals surface area (Å²) in [5.41, 5.74) is 0. The summed E-state index contributed by atoms with van der Waals surface area (Å²) in [6.07, 6.45) is 5.04. The molecule has 1 radical (unpaired) electrons. The molecule has 0 heterocycles. The first-order valence-electron chi connectivity index (χ1n) is 3.40. The van der Waals surface area contributed by atoms with Crippen LogP contribution < -0.4 is 5.32 Å². The smallest absolute Gasteiger partial charge is 0.295 e. The predicted octanol–water partition coefficient (Wildman–Crippen LogP) is 1.83. The Morgan fingerprint density at radius 3 is 2.80 bits per heavy atom. The lowest BCUT2D eigenvalue weighted by Gasteiger charge is -1.88. The molecule has 0 atom stereocenters. The van der Waals surface area contributed by atoms with E-state index in [0.29, 0.717) is 0 Å². The third-order valence-corrected chi connectivity index (χ3v) is 1.04. The van der Waals surface area contributed by atoms with Crippen molar-refractivity contribution in [2.75, 3.05) is 0 Å². The lowest BCUT2D eigenvalue weighted by atomic mass is 10.2. The van der Waals surface area contributed by atoms with Crippen molar-refractivity contribution in [2.45, 2.75) is 26.2 Å². The summed E-state index contributed by atoms with van der Waals surface area (Å²) in [7, 11) is 0. The maximum absolute atomic E-state index is 9.76. The number of unbranched alkanes of at least 4 members (excludes halogenated alkanes) is 2. The number of allylic oxidation sites excluding steroid dienone is 1. The lowest BCUT2D eigenvalue weighted by molar-refractivity contribution is 0.173. The first kappa shape index (κ1) is 9.01. The van der Waals surface area contributed by atoms with Gasteiger partial charge >= 0.3 is 6.09 Å². The van der Waals surface area contributed by atoms with Crippen LogP contribution in [0.4, 0.5) is 4.79 Å². The van der Waals surface area contributed by atoms with Gasteiger partial charge in [-0.05, 0) is 6.42 Å². The van der Waals surface area contributed by atoms with Crippen LogP contribution in [0.25, 0.3) is 0 Å². The number of carbonyl (C=O) groups is 1. The molecule has 0 aliphatic rings. The molecular weight excluding hydrogens is 130 g/mol. The molecule has 10 heavy (non-hydrogen) atoms. The largest absolute Gasteiger partial charge is 0.454 e. The van der Waals surface area contributed by atoms with Gasteiger partial charge in [0.05, 0.1) is 0 Å². The van der Waals surface area contributed by atoms with Crippen molar-refractivity contribution in [2.24, 2.45) is 0 Å². The van der Waals surface area contributed by atoms with Gasteiger partial charge in [-0.3, -0.25) is 5.32 Å². The van der Waals surface area contributed by atoms with Crippen molar-refractivity contribution in [3.05, 3.63) is 12.3 Å². The summed E-state index contributed by atoms with van der Waals surface area (Å²) in [5.74, 6) is 0. The van der Waals surface area contributed by atoms with Gasteiger partial charge in [0.15, 0.2) is 0 Å². The second kappa shape index (κ2) is 6.13. The first-order chi connectivity index (χ1) is 4.77. The van der Waals surface area contributed by atoms with Gasteiger partial charge in [0, 0.05) is 6.20 Å². The fourth-order valence-electron chi connectivity index (χ4n) is 0.532. The van der Waals surface area contributed by atoms with E-state index >= 15 is 0 Å². The molecule has 0 spiro atoms. The average molecular weight is 142 g/mol. The molecule has 0 unspecified atom stereocenters. The summed E-state index contributed by atoms with van der Waals surface area (Å²) in [4.78, 5) is 9.76. The summed E-state index contributed by atoms with van der Waals surface area (Å²) >= 11 is 0. The molecule has 0 aromatic carbocycles. The van der Waals surface area contributed by atoms with Gasteiger partial charge in [-0.15, -0.1) is 0 Å². The second-order valence-electron chi connectivity index (χ2n) is 1.98. The molecule has 3 nitrogen and oxygen atoms in total. The Balaban J connectivity index is 3.12. The molecule has 57 valence electrons. The quantitative estimate of drug-likeness (QED) is 0.598. The van der Waals surface area contributed by atoms with Crippen molar-refractivity contribution in [1.82, 2.24) is 5.32 Å². The molecule has 0 aromatic heterocycles. The van der Waals surface area contributed by atoms with Crippen molar-refractivity contribution < 1.29 is 9.90 Å². The normalized spacial score (nSPS) is 10.1. The van der Waals surface area contributed by atoms with Gasteiger partial charge in [0.25, 0.3) is 0 Å². The van der Waals surface area contributed by atoms with E-state index < -0.39 is 6.09 Å². The van der Waals surface area contributed by atoms with Crippen LogP contribution in [0.1, 0.15) is 26.2 Å². The first-order valence-corrected chi connectivity index (χ1v) is 3.40. The molecule has 0 fully saturated rings. The highest BCUT2D eigenvalue weighted by molar-refractivity contribution is 5.65. The van der Waals surface area contributed by atoms with E-state index in [4.69, 9.17) is 0 Å². The van der Waals surface area contributed by atoms with Gasteiger partial charge in [0.1, 0.15) is 0 Å². The second-order valence-corrected chi connectivity index (χ2v) is 1.98. The Labute approximate surface area is 60.7 Å². The fourth-order valence-corrected chi connectivity index (χ4v) is 0.532. The third-order valence-electron chi connectivity index (χ3n) is 1.04. The highest BCUT2D eigenvalue weighted by atomic mass is 16.4. The number of hydrogen-bond donors (Lipinski definition) is 1. The Kier molecular flexibility index (Phi) is 5.53. The fraction of sp³-hybridized carbons (Fsp3) is 0.571. The van der Waals surface area contributed by atoms with Gasteiger partial charge in [0.2, 0.25) is 0 Å². The zero-order valence-electron chi connectivity index (χ0n) is 6.09. The highest BCUT2D eigenvalue weighted by Gasteiger charge is 1.87. The minimum atomic E-state index is -1.26. The van der Waals surface area contributed by atoms with Crippen LogP contribution in [0.15, 0.2) is 12.3 Å². The number of amides is 1. The van der Waals surface area contributed by atoms with Crippen LogP contribution in [0.3, 0.4) is 0 Å². The summed E-state index contributed by atoms with van der Waals surface area (Å²) < 4.78 is 0. The summed E-state index contributed by atoms with van der Waals surface area (Å²) in [6, 6.07) is 0. The van der Waals surface area contributed by atoms with Gasteiger partial charge in [-0.25, -0.2) is 9.90 Å². The molecule has 0 saturated carbocycles. The highest BCUT2D eigenvalue weighted by Crippen LogP contribution is 1.93. The predicted molar refractivity (Wildman–Crippen MR) is 37.9 cm³/mol. The van der Waals surface area contributed by atoms with Gasteiger partial charge in [-0.1, -0.05) is 25.8 Å². The molecular formula is C7H12NO2. The van der Waals surface area contributed by atoms with Crippen LogP contribution in [0.2, 0.25) is 0 Å². The maximum atomic E-state index is 9.76. The average Bonchev–Trinajstić information content (AvgIpc) is 1.87. The van der Waals surface area contributed by atoms with E-state index in [2.05, 4.69) is 6.92 Å². The summed E-state index contributed by atoms with van der Waals surface area (Å²) in [6.45, 7) is 2.08. The van der Waals surface area contributed by atoms with E-state index in [0.717, 1.165) is 19.3 Å².